The standard InChI is InChI=1S/C13H18N4O2/c1-10-8-16-11(9-15-10)13(19)14-5-3-7-17-6-2-4-12(17)18/h8-9H,2-7H2,1H3,(H,14,19). The predicted octanol–water partition coefficient (Wildman–Crippen LogP) is 0.527. The van der Waals surface area contributed by atoms with Gasteiger partial charge in [0.25, 0.3) is 5.91 Å². The van der Waals surface area contributed by atoms with Gasteiger partial charge in [-0.25, -0.2) is 4.98 Å². The molecule has 0 spiro atoms. The van der Waals surface area contributed by atoms with Crippen molar-refractivity contribution in [2.75, 3.05) is 19.6 Å². The third kappa shape index (κ3) is 3.74. The Labute approximate surface area is 112 Å². The van der Waals surface area contributed by atoms with Crippen LogP contribution in [0.3, 0.4) is 0 Å². The molecule has 2 amide bonds. The minimum atomic E-state index is -0.222. The van der Waals surface area contributed by atoms with E-state index in [1.165, 1.54) is 6.20 Å². The van der Waals surface area contributed by atoms with Crippen molar-refractivity contribution in [1.82, 2.24) is 20.2 Å². The van der Waals surface area contributed by atoms with Gasteiger partial charge in [-0.1, -0.05) is 0 Å². The molecule has 1 aliphatic heterocycles. The summed E-state index contributed by atoms with van der Waals surface area (Å²) in [6.07, 6.45) is 5.40. The lowest BCUT2D eigenvalue weighted by Crippen LogP contribution is -2.31. The number of hydrogen-bond donors (Lipinski definition) is 1. The zero-order valence-corrected chi connectivity index (χ0v) is 11.1. The molecule has 1 aromatic heterocycles. The molecule has 1 fully saturated rings. The maximum absolute atomic E-state index is 11.7. The van der Waals surface area contributed by atoms with Crippen molar-refractivity contribution < 1.29 is 9.59 Å². The number of nitrogens with zero attached hydrogens (tertiary/aromatic N) is 3. The van der Waals surface area contributed by atoms with Gasteiger partial charge in [0.05, 0.1) is 11.9 Å². The van der Waals surface area contributed by atoms with Gasteiger partial charge < -0.3 is 10.2 Å². The second kappa shape index (κ2) is 6.26. The maximum atomic E-state index is 11.7. The largest absolute Gasteiger partial charge is 0.351 e. The average Bonchev–Trinajstić information content (AvgIpc) is 2.81. The number of amides is 2. The molecule has 1 saturated heterocycles. The van der Waals surface area contributed by atoms with E-state index in [4.69, 9.17) is 0 Å². The molecule has 0 bridgehead atoms. The summed E-state index contributed by atoms with van der Waals surface area (Å²) in [6, 6.07) is 0. The highest BCUT2D eigenvalue weighted by molar-refractivity contribution is 5.91. The second-order valence-electron chi connectivity index (χ2n) is 4.64. The van der Waals surface area contributed by atoms with Crippen molar-refractivity contribution in [2.24, 2.45) is 0 Å². The van der Waals surface area contributed by atoms with Crippen molar-refractivity contribution in [3.8, 4) is 0 Å². The predicted molar refractivity (Wildman–Crippen MR) is 69.5 cm³/mol. The van der Waals surface area contributed by atoms with Crippen LogP contribution in [0.25, 0.3) is 0 Å². The van der Waals surface area contributed by atoms with Crippen LogP contribution in [0.15, 0.2) is 12.4 Å². The number of aryl methyl sites for hydroxylation is 1. The molecule has 0 aliphatic carbocycles. The molecule has 2 heterocycles. The Morgan fingerprint density at radius 3 is 2.89 bits per heavy atom. The van der Waals surface area contributed by atoms with Gasteiger partial charge in [0.1, 0.15) is 5.69 Å². The van der Waals surface area contributed by atoms with Gasteiger partial charge >= 0.3 is 0 Å². The molecule has 0 atom stereocenters. The van der Waals surface area contributed by atoms with Crippen LogP contribution in [-0.2, 0) is 4.79 Å². The van der Waals surface area contributed by atoms with E-state index in [0.29, 0.717) is 25.2 Å². The highest BCUT2D eigenvalue weighted by atomic mass is 16.2. The molecule has 6 heteroatoms. The number of carbonyl (C=O) groups excluding carboxylic acids is 2. The fourth-order valence-corrected chi connectivity index (χ4v) is 2.01. The van der Waals surface area contributed by atoms with Crippen molar-refractivity contribution in [3.05, 3.63) is 23.8 Å². The fraction of sp³-hybridized carbons (Fsp3) is 0.538. The minimum Gasteiger partial charge on any atom is -0.351 e. The molecule has 0 aromatic carbocycles. The number of hydrogen-bond acceptors (Lipinski definition) is 4. The lowest BCUT2D eigenvalue weighted by molar-refractivity contribution is -0.127. The molecular formula is C13H18N4O2. The van der Waals surface area contributed by atoms with E-state index in [9.17, 15) is 9.59 Å². The molecular weight excluding hydrogens is 244 g/mol. The SMILES string of the molecule is Cc1cnc(C(=O)NCCCN2CCCC2=O)cn1. The summed E-state index contributed by atoms with van der Waals surface area (Å²) in [5.41, 5.74) is 1.10. The summed E-state index contributed by atoms with van der Waals surface area (Å²) in [4.78, 5) is 33.0. The Hall–Kier alpha value is -1.98. The summed E-state index contributed by atoms with van der Waals surface area (Å²) >= 11 is 0. The topological polar surface area (TPSA) is 75.2 Å². The van der Waals surface area contributed by atoms with Crippen molar-refractivity contribution in [1.29, 1.82) is 0 Å². The highest BCUT2D eigenvalue weighted by Crippen LogP contribution is 2.09. The molecule has 1 aromatic rings. The van der Waals surface area contributed by atoms with Crippen LogP contribution in [0.4, 0.5) is 0 Å². The molecule has 102 valence electrons. The van der Waals surface area contributed by atoms with Crippen molar-refractivity contribution in [3.63, 3.8) is 0 Å². The van der Waals surface area contributed by atoms with E-state index in [0.717, 1.165) is 25.1 Å². The summed E-state index contributed by atoms with van der Waals surface area (Å²) in [5.74, 6) is -0.00373. The van der Waals surface area contributed by atoms with Gasteiger partial charge in [0.15, 0.2) is 0 Å². The molecule has 1 N–H and O–H groups in total. The van der Waals surface area contributed by atoms with Crippen molar-refractivity contribution in [2.45, 2.75) is 26.2 Å². The molecule has 1 aliphatic rings. The molecule has 0 unspecified atom stereocenters. The van der Waals surface area contributed by atoms with Crippen LogP contribution >= 0.6 is 0 Å². The monoisotopic (exact) mass is 262 g/mol. The van der Waals surface area contributed by atoms with Crippen LogP contribution in [-0.4, -0.2) is 46.3 Å². The van der Waals surface area contributed by atoms with Gasteiger partial charge in [0, 0.05) is 32.3 Å². The minimum absolute atomic E-state index is 0.218. The Bertz CT molecular complexity index is 458. The summed E-state index contributed by atoms with van der Waals surface area (Å²) in [7, 11) is 0. The smallest absolute Gasteiger partial charge is 0.271 e. The second-order valence-corrected chi connectivity index (χ2v) is 4.64. The van der Waals surface area contributed by atoms with Gasteiger partial charge in [0.2, 0.25) is 5.91 Å². The Morgan fingerprint density at radius 2 is 2.26 bits per heavy atom. The van der Waals surface area contributed by atoms with E-state index in [1.54, 1.807) is 6.20 Å². The van der Waals surface area contributed by atoms with Gasteiger partial charge in [-0.3, -0.25) is 14.6 Å². The Balaban J connectivity index is 1.69. The fourth-order valence-electron chi connectivity index (χ4n) is 2.01. The zero-order chi connectivity index (χ0) is 13.7. The van der Waals surface area contributed by atoms with Crippen molar-refractivity contribution >= 4 is 11.8 Å². The average molecular weight is 262 g/mol. The first-order valence-electron chi connectivity index (χ1n) is 6.51. The molecule has 0 radical (unpaired) electrons. The third-order valence-corrected chi connectivity index (χ3v) is 3.08. The number of carbonyl (C=O) groups is 2. The number of nitrogens with one attached hydrogen (secondary N) is 1. The number of rotatable bonds is 5. The highest BCUT2D eigenvalue weighted by Gasteiger charge is 2.19. The molecule has 19 heavy (non-hydrogen) atoms. The van der Waals surface area contributed by atoms with Gasteiger partial charge in [-0.2, -0.15) is 0 Å². The third-order valence-electron chi connectivity index (χ3n) is 3.08. The van der Waals surface area contributed by atoms with E-state index < -0.39 is 0 Å². The zero-order valence-electron chi connectivity index (χ0n) is 11.1. The summed E-state index contributed by atoms with van der Waals surface area (Å²) < 4.78 is 0. The van der Waals surface area contributed by atoms with Crippen LogP contribution in [0.5, 0.6) is 0 Å². The Morgan fingerprint density at radius 1 is 1.42 bits per heavy atom. The van der Waals surface area contributed by atoms with Crippen LogP contribution in [0.2, 0.25) is 0 Å². The maximum Gasteiger partial charge on any atom is 0.271 e. The lowest BCUT2D eigenvalue weighted by Gasteiger charge is -2.15. The first kappa shape index (κ1) is 13.5. The van der Waals surface area contributed by atoms with Gasteiger partial charge in [-0.05, 0) is 19.8 Å². The van der Waals surface area contributed by atoms with Crippen LogP contribution < -0.4 is 5.32 Å². The number of aromatic nitrogens is 2. The quantitative estimate of drug-likeness (QED) is 0.785. The van der Waals surface area contributed by atoms with E-state index in [-0.39, 0.29) is 11.8 Å². The van der Waals surface area contributed by atoms with Crippen LogP contribution in [0.1, 0.15) is 35.4 Å². The first-order chi connectivity index (χ1) is 9.16. The molecule has 2 rings (SSSR count). The first-order valence-corrected chi connectivity index (χ1v) is 6.51. The van der Waals surface area contributed by atoms with Crippen LogP contribution in [0, 0.1) is 6.92 Å². The summed E-state index contributed by atoms with van der Waals surface area (Å²) in [6.45, 7) is 3.91. The number of likely N-dealkylation sites (tertiary alicyclic amines) is 1. The van der Waals surface area contributed by atoms with Gasteiger partial charge in [-0.15, -0.1) is 0 Å². The van der Waals surface area contributed by atoms with E-state index in [2.05, 4.69) is 15.3 Å². The molecule has 6 nitrogen and oxygen atoms in total. The lowest BCUT2D eigenvalue weighted by atomic mass is 10.3. The normalized spacial score (nSPS) is 14.8. The molecule has 0 saturated carbocycles. The Kier molecular flexibility index (Phi) is 4.43. The summed E-state index contributed by atoms with van der Waals surface area (Å²) in [5, 5.41) is 2.78. The van der Waals surface area contributed by atoms with E-state index >= 15 is 0 Å². The van der Waals surface area contributed by atoms with E-state index in [1.807, 2.05) is 11.8 Å².